The average molecular weight is 374 g/mol. The normalized spacial score (nSPS) is 14.6. The van der Waals surface area contributed by atoms with Crippen molar-refractivity contribution in [3.8, 4) is 5.75 Å². The second kappa shape index (κ2) is 7.80. The molecule has 0 unspecified atom stereocenters. The molecule has 0 N–H and O–H groups in total. The molecule has 0 saturated heterocycles. The Morgan fingerprint density at radius 1 is 1.08 bits per heavy atom. The summed E-state index contributed by atoms with van der Waals surface area (Å²) in [5, 5.41) is 0. The molecule has 140 valence electrons. The molecule has 3 rings (SSSR count). The molecule has 1 aliphatic rings. The number of benzene rings is 2. The molecule has 1 aliphatic carbocycles. The van der Waals surface area contributed by atoms with Gasteiger partial charge in [-0.3, -0.25) is 4.90 Å². The maximum absolute atomic E-state index is 12.8. The zero-order valence-electron chi connectivity index (χ0n) is 15.7. The molecule has 0 bridgehead atoms. The van der Waals surface area contributed by atoms with Crippen molar-refractivity contribution in [3.05, 3.63) is 59.2 Å². The van der Waals surface area contributed by atoms with E-state index in [9.17, 15) is 8.42 Å². The number of sulfone groups is 1. The summed E-state index contributed by atoms with van der Waals surface area (Å²) in [7, 11) is -1.62. The number of hydrogen-bond donors (Lipinski definition) is 0. The van der Waals surface area contributed by atoms with Crippen LogP contribution in [0.15, 0.2) is 47.4 Å². The number of ether oxygens (including phenoxy) is 1. The van der Waals surface area contributed by atoms with Crippen molar-refractivity contribution in [2.45, 2.75) is 44.2 Å². The van der Waals surface area contributed by atoms with Gasteiger partial charge in [-0.2, -0.15) is 0 Å². The Labute approximate surface area is 156 Å². The van der Waals surface area contributed by atoms with Crippen LogP contribution < -0.4 is 4.74 Å². The lowest BCUT2D eigenvalue weighted by Gasteiger charge is -2.22. The molecule has 0 aromatic heterocycles. The van der Waals surface area contributed by atoms with Gasteiger partial charge >= 0.3 is 0 Å². The molecule has 2 aromatic rings. The van der Waals surface area contributed by atoms with Gasteiger partial charge in [0.15, 0.2) is 9.84 Å². The number of rotatable bonds is 8. The van der Waals surface area contributed by atoms with E-state index in [0.717, 1.165) is 36.3 Å². The Morgan fingerprint density at radius 2 is 1.77 bits per heavy atom. The first-order valence-corrected chi connectivity index (χ1v) is 10.7. The van der Waals surface area contributed by atoms with Gasteiger partial charge < -0.3 is 4.74 Å². The predicted molar refractivity (Wildman–Crippen MR) is 104 cm³/mol. The van der Waals surface area contributed by atoms with Crippen molar-refractivity contribution in [2.24, 2.45) is 0 Å². The fraction of sp³-hybridized carbons (Fsp3) is 0.429. The Kier molecular flexibility index (Phi) is 5.68. The van der Waals surface area contributed by atoms with Crippen LogP contribution in [-0.2, 0) is 16.4 Å². The Morgan fingerprint density at radius 3 is 2.38 bits per heavy atom. The molecule has 4 nitrogen and oxygen atoms in total. The van der Waals surface area contributed by atoms with Crippen LogP contribution >= 0.6 is 0 Å². The second-order valence-corrected chi connectivity index (χ2v) is 9.22. The Bertz CT molecular complexity index is 855. The van der Waals surface area contributed by atoms with Crippen LogP contribution in [0.25, 0.3) is 0 Å². The quantitative estimate of drug-likeness (QED) is 0.707. The highest BCUT2D eigenvalue weighted by atomic mass is 32.2. The van der Waals surface area contributed by atoms with Gasteiger partial charge in [0.2, 0.25) is 0 Å². The summed E-state index contributed by atoms with van der Waals surface area (Å²) in [6, 6.07) is 14.1. The number of methoxy groups -OCH3 is 1. The van der Waals surface area contributed by atoms with Gasteiger partial charge in [-0.1, -0.05) is 24.3 Å². The van der Waals surface area contributed by atoms with Gasteiger partial charge in [0, 0.05) is 19.1 Å². The van der Waals surface area contributed by atoms with Crippen LogP contribution in [-0.4, -0.2) is 38.8 Å². The standard InChI is InChI=1S/C21H27NO3S/c1-16-4-5-17(2)21(14-16)26(23,24)13-12-22(19-8-9-19)15-18-6-10-20(25-3)11-7-18/h4-7,10-11,14,19H,8-9,12-13,15H2,1-3H3. The van der Waals surface area contributed by atoms with E-state index in [1.807, 2.05) is 50.2 Å². The minimum absolute atomic E-state index is 0.157. The molecule has 1 fully saturated rings. The van der Waals surface area contributed by atoms with Gasteiger partial charge in [0.05, 0.1) is 17.8 Å². The van der Waals surface area contributed by atoms with E-state index in [2.05, 4.69) is 4.90 Å². The third-order valence-electron chi connectivity index (χ3n) is 4.93. The average Bonchev–Trinajstić information content (AvgIpc) is 3.46. The van der Waals surface area contributed by atoms with E-state index in [0.29, 0.717) is 17.5 Å². The summed E-state index contributed by atoms with van der Waals surface area (Å²) < 4.78 is 30.9. The highest BCUT2D eigenvalue weighted by Gasteiger charge is 2.30. The van der Waals surface area contributed by atoms with E-state index >= 15 is 0 Å². The molecule has 0 radical (unpaired) electrons. The highest BCUT2D eigenvalue weighted by molar-refractivity contribution is 7.91. The lowest BCUT2D eigenvalue weighted by atomic mass is 10.2. The number of nitrogens with zero attached hydrogens (tertiary/aromatic N) is 1. The summed E-state index contributed by atoms with van der Waals surface area (Å²) in [6.45, 7) is 5.13. The maximum Gasteiger partial charge on any atom is 0.179 e. The van der Waals surface area contributed by atoms with Gasteiger partial charge in [0.25, 0.3) is 0 Å². The Balaban J connectivity index is 1.69. The van der Waals surface area contributed by atoms with E-state index in [1.165, 1.54) is 5.56 Å². The highest BCUT2D eigenvalue weighted by Crippen LogP contribution is 2.29. The molecule has 5 heteroatoms. The molecule has 0 amide bonds. The van der Waals surface area contributed by atoms with Crippen LogP contribution in [0.3, 0.4) is 0 Å². The zero-order chi connectivity index (χ0) is 18.7. The van der Waals surface area contributed by atoms with Crippen LogP contribution in [0.5, 0.6) is 5.75 Å². The predicted octanol–water partition coefficient (Wildman–Crippen LogP) is 3.75. The summed E-state index contributed by atoms with van der Waals surface area (Å²) >= 11 is 0. The summed E-state index contributed by atoms with van der Waals surface area (Å²) in [5.41, 5.74) is 2.98. The molecule has 1 saturated carbocycles. The summed E-state index contributed by atoms with van der Waals surface area (Å²) in [5.74, 6) is 0.994. The van der Waals surface area contributed by atoms with Crippen molar-refractivity contribution in [2.75, 3.05) is 19.4 Å². The SMILES string of the molecule is COc1ccc(CN(CCS(=O)(=O)c2cc(C)ccc2C)C2CC2)cc1. The first-order valence-electron chi connectivity index (χ1n) is 9.06. The largest absolute Gasteiger partial charge is 0.497 e. The minimum atomic E-state index is -3.28. The maximum atomic E-state index is 12.8. The van der Waals surface area contributed by atoms with Gasteiger partial charge in [-0.25, -0.2) is 8.42 Å². The van der Waals surface area contributed by atoms with Crippen molar-refractivity contribution in [3.63, 3.8) is 0 Å². The fourth-order valence-electron chi connectivity index (χ4n) is 3.19. The lowest BCUT2D eigenvalue weighted by Crippen LogP contribution is -2.31. The first-order chi connectivity index (χ1) is 12.4. The van der Waals surface area contributed by atoms with Crippen molar-refractivity contribution in [1.82, 2.24) is 4.90 Å². The summed E-state index contributed by atoms with van der Waals surface area (Å²) in [4.78, 5) is 2.77. The second-order valence-electron chi connectivity index (χ2n) is 7.14. The molecule has 0 aliphatic heterocycles. The molecular weight excluding hydrogens is 346 g/mol. The lowest BCUT2D eigenvalue weighted by molar-refractivity contribution is 0.270. The van der Waals surface area contributed by atoms with Gasteiger partial charge in [0.1, 0.15) is 5.75 Å². The Hall–Kier alpha value is -1.85. The minimum Gasteiger partial charge on any atom is -0.497 e. The van der Waals surface area contributed by atoms with Crippen molar-refractivity contribution >= 4 is 9.84 Å². The van der Waals surface area contributed by atoms with Crippen LogP contribution in [0, 0.1) is 13.8 Å². The molecule has 0 heterocycles. The van der Waals surface area contributed by atoms with Crippen LogP contribution in [0.4, 0.5) is 0 Å². The van der Waals surface area contributed by atoms with E-state index < -0.39 is 9.84 Å². The van der Waals surface area contributed by atoms with Crippen molar-refractivity contribution in [1.29, 1.82) is 0 Å². The van der Waals surface area contributed by atoms with Crippen LogP contribution in [0.1, 0.15) is 29.5 Å². The van der Waals surface area contributed by atoms with Gasteiger partial charge in [-0.15, -0.1) is 0 Å². The molecule has 2 aromatic carbocycles. The van der Waals surface area contributed by atoms with Gasteiger partial charge in [-0.05, 0) is 61.6 Å². The summed E-state index contributed by atoms with van der Waals surface area (Å²) in [6.07, 6.45) is 2.30. The molecule has 0 atom stereocenters. The van der Waals surface area contributed by atoms with Crippen molar-refractivity contribution < 1.29 is 13.2 Å². The first kappa shape index (κ1) is 18.9. The van der Waals surface area contributed by atoms with Crippen LogP contribution in [0.2, 0.25) is 0 Å². The molecule has 0 spiro atoms. The smallest absolute Gasteiger partial charge is 0.179 e. The molecular formula is C21H27NO3S. The third-order valence-corrected chi connectivity index (χ3v) is 6.76. The van der Waals surface area contributed by atoms with E-state index in [-0.39, 0.29) is 5.75 Å². The number of aryl methyl sites for hydroxylation is 2. The molecule has 26 heavy (non-hydrogen) atoms. The number of hydrogen-bond acceptors (Lipinski definition) is 4. The topological polar surface area (TPSA) is 46.6 Å². The van der Waals surface area contributed by atoms with E-state index in [1.54, 1.807) is 13.2 Å². The zero-order valence-corrected chi connectivity index (χ0v) is 16.6. The third kappa shape index (κ3) is 4.65. The van der Waals surface area contributed by atoms with E-state index in [4.69, 9.17) is 4.74 Å². The fourth-order valence-corrected chi connectivity index (χ4v) is 4.80. The monoisotopic (exact) mass is 373 g/mol.